The Morgan fingerprint density at radius 1 is 1.19 bits per heavy atom. The molecule has 0 saturated carbocycles. The number of para-hydroxylation sites is 1. The smallest absolute Gasteiger partial charge is 0.295 e. The van der Waals surface area contributed by atoms with Crippen molar-refractivity contribution < 1.29 is 18.1 Å². The van der Waals surface area contributed by atoms with E-state index in [1.807, 2.05) is 24.3 Å². The number of hydrazone groups is 1. The Morgan fingerprint density at radius 3 is 2.69 bits per heavy atom. The highest BCUT2D eigenvalue weighted by molar-refractivity contribution is 7.89. The lowest BCUT2D eigenvalue weighted by atomic mass is 10.2. The molecule has 166 valence electrons. The Labute approximate surface area is 188 Å². The first kappa shape index (κ1) is 22.1. The van der Waals surface area contributed by atoms with Crippen LogP contribution in [-0.4, -0.2) is 55.1 Å². The number of hydrogen-bond donors (Lipinski definition) is 1. The van der Waals surface area contributed by atoms with Crippen LogP contribution in [-0.2, 0) is 14.8 Å². The van der Waals surface area contributed by atoms with Gasteiger partial charge in [-0.1, -0.05) is 29.8 Å². The van der Waals surface area contributed by atoms with Gasteiger partial charge in [-0.15, -0.1) is 0 Å². The molecule has 0 radical (unpaired) electrons. The maximum absolute atomic E-state index is 12.8. The number of ether oxygens (including phenoxy) is 1. The Hall–Kier alpha value is -3.12. The fourth-order valence-corrected chi connectivity index (χ4v) is 4.85. The van der Waals surface area contributed by atoms with Crippen LogP contribution < -0.4 is 5.43 Å². The predicted molar refractivity (Wildman–Crippen MR) is 121 cm³/mol. The summed E-state index contributed by atoms with van der Waals surface area (Å²) in [6, 6.07) is 12.9. The molecule has 0 aliphatic carbocycles. The van der Waals surface area contributed by atoms with Crippen molar-refractivity contribution in [2.45, 2.75) is 4.90 Å². The van der Waals surface area contributed by atoms with Crippen LogP contribution in [0.5, 0.6) is 0 Å². The minimum Gasteiger partial charge on any atom is -0.379 e. The monoisotopic (exact) mass is 475 g/mol. The summed E-state index contributed by atoms with van der Waals surface area (Å²) in [6.07, 6.45) is 1.39. The fourth-order valence-electron chi connectivity index (χ4n) is 3.22. The van der Waals surface area contributed by atoms with Gasteiger partial charge < -0.3 is 4.74 Å². The van der Waals surface area contributed by atoms with E-state index in [4.69, 9.17) is 16.3 Å². The Kier molecular flexibility index (Phi) is 6.33. The standard InChI is InChI=1S/C20H18ClN5O5S/c21-20-15(11-14-3-1-2-4-17(14)23-20)13-22-24-18-6-5-16(12-19(18)26(27)28)32(29,30)25-7-9-31-10-8-25/h1-6,11-13,24H,7-10H2. The van der Waals surface area contributed by atoms with Crippen molar-refractivity contribution in [1.29, 1.82) is 0 Å². The van der Waals surface area contributed by atoms with Crippen LogP contribution in [0.1, 0.15) is 5.56 Å². The normalized spacial score (nSPS) is 15.3. The number of nitrogens with zero attached hydrogens (tertiary/aromatic N) is 4. The number of benzene rings is 2. The lowest BCUT2D eigenvalue weighted by molar-refractivity contribution is -0.384. The number of nitro groups is 1. The maximum atomic E-state index is 12.8. The molecule has 2 aromatic carbocycles. The fraction of sp³-hybridized carbons (Fsp3) is 0.200. The zero-order valence-electron chi connectivity index (χ0n) is 16.6. The molecule has 1 saturated heterocycles. The number of halogens is 1. The van der Waals surface area contributed by atoms with Crippen LogP contribution in [0.4, 0.5) is 11.4 Å². The van der Waals surface area contributed by atoms with Crippen molar-refractivity contribution in [3.63, 3.8) is 0 Å². The third kappa shape index (κ3) is 4.55. The SMILES string of the molecule is O=[N+]([O-])c1cc(S(=O)(=O)N2CCOCC2)ccc1NN=Cc1cc2ccccc2nc1Cl. The Morgan fingerprint density at radius 2 is 1.94 bits per heavy atom. The molecule has 1 aliphatic rings. The van der Waals surface area contributed by atoms with Gasteiger partial charge in [-0.05, 0) is 24.3 Å². The average Bonchev–Trinajstić information content (AvgIpc) is 2.80. The van der Waals surface area contributed by atoms with Crippen molar-refractivity contribution in [1.82, 2.24) is 9.29 Å². The number of nitro benzene ring substituents is 1. The van der Waals surface area contributed by atoms with Gasteiger partial charge in [-0.3, -0.25) is 15.5 Å². The molecule has 1 aliphatic heterocycles. The molecule has 0 atom stereocenters. The third-order valence-electron chi connectivity index (χ3n) is 4.87. The number of pyridine rings is 1. The molecule has 12 heteroatoms. The maximum Gasteiger partial charge on any atom is 0.295 e. The Bertz CT molecular complexity index is 1310. The summed E-state index contributed by atoms with van der Waals surface area (Å²) in [5.41, 5.74) is 3.46. The van der Waals surface area contributed by atoms with Crippen molar-refractivity contribution in [2.24, 2.45) is 5.10 Å². The zero-order chi connectivity index (χ0) is 22.7. The van der Waals surface area contributed by atoms with Gasteiger partial charge in [0.05, 0.1) is 34.8 Å². The first-order valence-corrected chi connectivity index (χ1v) is 11.4. The van der Waals surface area contributed by atoms with Gasteiger partial charge in [0.15, 0.2) is 0 Å². The summed E-state index contributed by atoms with van der Waals surface area (Å²) in [5, 5.41) is 16.7. The van der Waals surface area contributed by atoms with E-state index in [1.54, 1.807) is 6.07 Å². The van der Waals surface area contributed by atoms with Crippen LogP contribution in [0.2, 0.25) is 5.15 Å². The van der Waals surface area contributed by atoms with Crippen LogP contribution in [0, 0.1) is 10.1 Å². The van der Waals surface area contributed by atoms with Crippen LogP contribution >= 0.6 is 11.6 Å². The summed E-state index contributed by atoms with van der Waals surface area (Å²) in [5.74, 6) is 0. The highest BCUT2D eigenvalue weighted by Crippen LogP contribution is 2.29. The summed E-state index contributed by atoms with van der Waals surface area (Å²) in [6.45, 7) is 0.950. The Balaban J connectivity index is 1.59. The molecule has 0 spiro atoms. The van der Waals surface area contributed by atoms with Gasteiger partial charge in [-0.25, -0.2) is 13.4 Å². The minimum absolute atomic E-state index is 0.0389. The van der Waals surface area contributed by atoms with Crippen molar-refractivity contribution in [3.05, 3.63) is 69.4 Å². The van der Waals surface area contributed by atoms with Crippen molar-refractivity contribution in [2.75, 3.05) is 31.7 Å². The second-order valence-corrected chi connectivity index (χ2v) is 9.18. The summed E-state index contributed by atoms with van der Waals surface area (Å²) in [7, 11) is -3.87. The van der Waals surface area contributed by atoms with Crippen LogP contribution in [0.15, 0.2) is 58.5 Å². The molecule has 32 heavy (non-hydrogen) atoms. The second kappa shape index (κ2) is 9.17. The molecule has 2 heterocycles. The van der Waals surface area contributed by atoms with E-state index in [9.17, 15) is 18.5 Å². The van der Waals surface area contributed by atoms with Gasteiger partial charge in [0.2, 0.25) is 10.0 Å². The molecule has 3 aromatic rings. The first-order chi connectivity index (χ1) is 15.4. The van der Waals surface area contributed by atoms with Gasteiger partial charge in [0, 0.05) is 30.1 Å². The topological polar surface area (TPSA) is 127 Å². The lowest BCUT2D eigenvalue weighted by Gasteiger charge is -2.26. The van der Waals surface area contributed by atoms with Gasteiger partial charge in [0.25, 0.3) is 5.69 Å². The molecule has 4 rings (SSSR count). The number of aromatic nitrogens is 1. The number of hydrogen-bond acceptors (Lipinski definition) is 8. The molecule has 1 N–H and O–H groups in total. The first-order valence-electron chi connectivity index (χ1n) is 9.57. The predicted octanol–water partition coefficient (Wildman–Crippen LogP) is 3.26. The van der Waals surface area contributed by atoms with E-state index < -0.39 is 20.6 Å². The number of sulfonamides is 1. The minimum atomic E-state index is -3.87. The van der Waals surface area contributed by atoms with E-state index in [0.29, 0.717) is 5.56 Å². The molecule has 10 nitrogen and oxygen atoms in total. The van der Waals surface area contributed by atoms with E-state index in [1.165, 1.54) is 22.7 Å². The highest BCUT2D eigenvalue weighted by Gasteiger charge is 2.28. The number of morpholine rings is 1. The zero-order valence-corrected chi connectivity index (χ0v) is 18.2. The second-order valence-electron chi connectivity index (χ2n) is 6.88. The van der Waals surface area contributed by atoms with E-state index >= 15 is 0 Å². The number of fused-ring (bicyclic) bond motifs is 1. The third-order valence-corrected chi connectivity index (χ3v) is 7.06. The number of anilines is 1. The quantitative estimate of drug-likeness (QED) is 0.251. The molecule has 0 bridgehead atoms. The van der Waals surface area contributed by atoms with Crippen LogP contribution in [0.3, 0.4) is 0 Å². The van der Waals surface area contributed by atoms with Gasteiger partial charge in [0.1, 0.15) is 10.8 Å². The molecular weight excluding hydrogens is 458 g/mol. The number of nitrogens with one attached hydrogen (secondary N) is 1. The average molecular weight is 476 g/mol. The molecule has 0 unspecified atom stereocenters. The van der Waals surface area contributed by atoms with Gasteiger partial charge >= 0.3 is 0 Å². The van der Waals surface area contributed by atoms with Crippen LogP contribution in [0.25, 0.3) is 10.9 Å². The molecular formula is C20H18ClN5O5S. The summed E-state index contributed by atoms with van der Waals surface area (Å²) < 4.78 is 32.0. The van der Waals surface area contributed by atoms with Crippen molar-refractivity contribution in [3.8, 4) is 0 Å². The highest BCUT2D eigenvalue weighted by atomic mass is 35.5. The molecule has 1 aromatic heterocycles. The number of rotatable bonds is 6. The van der Waals surface area contributed by atoms with E-state index in [0.717, 1.165) is 17.0 Å². The largest absolute Gasteiger partial charge is 0.379 e. The van der Waals surface area contributed by atoms with Crippen molar-refractivity contribution >= 4 is 50.1 Å². The van der Waals surface area contributed by atoms with Gasteiger partial charge in [-0.2, -0.15) is 9.41 Å². The van der Waals surface area contributed by atoms with E-state index in [2.05, 4.69) is 15.5 Å². The van der Waals surface area contributed by atoms with E-state index in [-0.39, 0.29) is 42.0 Å². The summed E-state index contributed by atoms with van der Waals surface area (Å²) >= 11 is 6.19. The molecule has 1 fully saturated rings. The molecule has 0 amide bonds. The summed E-state index contributed by atoms with van der Waals surface area (Å²) in [4.78, 5) is 15.0. The lowest BCUT2D eigenvalue weighted by Crippen LogP contribution is -2.40.